The maximum atomic E-state index is 14.6. The van der Waals surface area contributed by atoms with E-state index in [0.717, 1.165) is 0 Å². The number of piperidine rings is 1. The van der Waals surface area contributed by atoms with Gasteiger partial charge in [0, 0.05) is 36.3 Å². The lowest BCUT2D eigenvalue weighted by Gasteiger charge is -2.40. The van der Waals surface area contributed by atoms with Crippen molar-refractivity contribution in [3.63, 3.8) is 0 Å². The van der Waals surface area contributed by atoms with Crippen molar-refractivity contribution in [2.75, 3.05) is 20.2 Å². The molecule has 0 radical (unpaired) electrons. The number of hydrogen-bond donors (Lipinski definition) is 1. The van der Waals surface area contributed by atoms with Gasteiger partial charge in [-0.15, -0.1) is 11.3 Å². The van der Waals surface area contributed by atoms with Gasteiger partial charge in [-0.1, -0.05) is 12.1 Å². The topological polar surface area (TPSA) is 127 Å². The van der Waals surface area contributed by atoms with E-state index in [1.54, 1.807) is 39.1 Å². The number of nitrogens with zero attached hydrogens (tertiary/aromatic N) is 3. The minimum absolute atomic E-state index is 0.191. The van der Waals surface area contributed by atoms with Gasteiger partial charge >= 0.3 is 11.9 Å². The molecular weight excluding hydrogens is 663 g/mol. The van der Waals surface area contributed by atoms with Crippen molar-refractivity contribution in [3.8, 4) is 0 Å². The van der Waals surface area contributed by atoms with Gasteiger partial charge in [0.05, 0.1) is 28.3 Å². The van der Waals surface area contributed by atoms with E-state index >= 15 is 0 Å². The van der Waals surface area contributed by atoms with Crippen molar-refractivity contribution in [1.82, 2.24) is 14.6 Å². The van der Waals surface area contributed by atoms with Crippen molar-refractivity contribution in [2.24, 2.45) is 16.8 Å². The second-order valence-electron chi connectivity index (χ2n) is 11.8. The smallest absolute Gasteiger partial charge is 0.338 e. The number of sulfonamides is 1. The lowest BCUT2D eigenvalue weighted by molar-refractivity contribution is -0.162. The number of amidine groups is 1. The van der Waals surface area contributed by atoms with E-state index in [1.165, 1.54) is 28.8 Å². The lowest BCUT2D eigenvalue weighted by Crippen LogP contribution is -2.50. The maximum Gasteiger partial charge on any atom is 0.338 e. The van der Waals surface area contributed by atoms with Gasteiger partial charge in [0.2, 0.25) is 10.0 Å². The summed E-state index contributed by atoms with van der Waals surface area (Å²) in [7, 11) is -2.34. The Kier molecular flexibility index (Phi) is 9.13. The van der Waals surface area contributed by atoms with Gasteiger partial charge in [-0.25, -0.2) is 26.9 Å². The Morgan fingerprint density at radius 2 is 1.88 bits per heavy atom. The molecule has 2 fully saturated rings. The SMILES string of the molecule is COC(=O)C1=C(C2CCN(S(=O)(=O)C3CC(C(=O)OC(C)(C)C)C3)CC2)NC(c2nccs2)=NC1c1cccc(F)c1Br. The number of methoxy groups -OCH3 is 1. The van der Waals surface area contributed by atoms with Gasteiger partial charge in [-0.3, -0.25) is 9.79 Å². The van der Waals surface area contributed by atoms with Gasteiger partial charge in [0.25, 0.3) is 0 Å². The number of ether oxygens (including phenoxy) is 2. The highest BCUT2D eigenvalue weighted by Gasteiger charge is 2.47. The Morgan fingerprint density at radius 3 is 2.49 bits per heavy atom. The van der Waals surface area contributed by atoms with E-state index in [9.17, 15) is 22.4 Å². The molecule has 1 saturated carbocycles. The average molecular weight is 698 g/mol. The molecule has 43 heavy (non-hydrogen) atoms. The minimum Gasteiger partial charge on any atom is -0.466 e. The first kappa shape index (κ1) is 31.7. The monoisotopic (exact) mass is 696 g/mol. The maximum absolute atomic E-state index is 14.6. The summed E-state index contributed by atoms with van der Waals surface area (Å²) in [5, 5.41) is 5.09. The Labute approximate surface area is 262 Å². The van der Waals surface area contributed by atoms with Gasteiger partial charge in [-0.2, -0.15) is 0 Å². The zero-order chi connectivity index (χ0) is 31.1. The largest absolute Gasteiger partial charge is 0.466 e. The third-order valence-corrected chi connectivity index (χ3v) is 11.8. The Balaban J connectivity index is 1.38. The summed E-state index contributed by atoms with van der Waals surface area (Å²) in [6, 6.07) is 3.69. The van der Waals surface area contributed by atoms with Crippen molar-refractivity contribution in [1.29, 1.82) is 0 Å². The Hall–Kier alpha value is -2.68. The second kappa shape index (κ2) is 12.4. The molecule has 0 spiro atoms. The number of carbonyl (C=O) groups excluding carboxylic acids is 2. The van der Waals surface area contributed by atoms with Crippen molar-refractivity contribution >= 4 is 55.1 Å². The van der Waals surface area contributed by atoms with Crippen LogP contribution < -0.4 is 5.32 Å². The molecule has 1 aliphatic carbocycles. The normalized spacial score (nSPS) is 23.7. The van der Waals surface area contributed by atoms with Crippen LogP contribution in [0.2, 0.25) is 0 Å². The zero-order valence-electron chi connectivity index (χ0n) is 24.3. The van der Waals surface area contributed by atoms with Crippen molar-refractivity contribution < 1.29 is 31.9 Å². The van der Waals surface area contributed by atoms with E-state index in [4.69, 9.17) is 14.5 Å². The molecule has 3 aliphatic rings. The molecule has 1 aromatic carbocycles. The van der Waals surface area contributed by atoms with Crippen LogP contribution in [0.3, 0.4) is 0 Å². The summed E-state index contributed by atoms with van der Waals surface area (Å²) < 4.78 is 53.8. The molecule has 1 unspecified atom stereocenters. The van der Waals surface area contributed by atoms with Gasteiger partial charge < -0.3 is 14.8 Å². The number of hydrogen-bond acceptors (Lipinski definition) is 10. The van der Waals surface area contributed by atoms with Crippen LogP contribution in [-0.4, -0.2) is 66.5 Å². The molecule has 2 aliphatic heterocycles. The molecule has 1 aromatic heterocycles. The molecule has 1 atom stereocenters. The molecule has 0 amide bonds. The number of thiazole rings is 1. The molecule has 10 nitrogen and oxygen atoms in total. The van der Waals surface area contributed by atoms with E-state index in [-0.39, 0.29) is 47.9 Å². The molecule has 232 valence electrons. The summed E-state index contributed by atoms with van der Waals surface area (Å²) in [6.45, 7) is 5.86. The summed E-state index contributed by atoms with van der Waals surface area (Å²) >= 11 is 4.70. The highest BCUT2D eigenvalue weighted by Crippen LogP contribution is 2.42. The van der Waals surface area contributed by atoms with Crippen LogP contribution >= 0.6 is 27.3 Å². The van der Waals surface area contributed by atoms with Crippen LogP contribution in [0.25, 0.3) is 0 Å². The highest BCUT2D eigenvalue weighted by atomic mass is 79.9. The van der Waals surface area contributed by atoms with Gasteiger partial charge in [0.15, 0.2) is 10.8 Å². The number of carbonyl (C=O) groups is 2. The molecular formula is C29H34BrFN4O6S2. The number of rotatable bonds is 7. The molecule has 2 aromatic rings. The third kappa shape index (κ3) is 6.57. The minimum atomic E-state index is -3.62. The van der Waals surface area contributed by atoms with Crippen LogP contribution in [0.4, 0.5) is 4.39 Å². The van der Waals surface area contributed by atoms with Crippen LogP contribution in [-0.2, 0) is 29.1 Å². The molecule has 0 bridgehead atoms. The number of benzene rings is 1. The van der Waals surface area contributed by atoms with Crippen molar-refractivity contribution in [3.05, 3.63) is 61.9 Å². The quantitative estimate of drug-likeness (QED) is 0.412. The molecule has 14 heteroatoms. The predicted octanol–water partition coefficient (Wildman–Crippen LogP) is 4.73. The number of aliphatic imine (C=N–C) groups is 1. The zero-order valence-corrected chi connectivity index (χ0v) is 27.5. The third-order valence-electron chi connectivity index (χ3n) is 7.87. The van der Waals surface area contributed by atoms with Gasteiger partial charge in [0.1, 0.15) is 17.5 Å². The van der Waals surface area contributed by atoms with E-state index < -0.39 is 44.6 Å². The van der Waals surface area contributed by atoms with E-state index in [0.29, 0.717) is 34.9 Å². The summed E-state index contributed by atoms with van der Waals surface area (Å²) in [4.78, 5) is 34.8. The number of allylic oxidation sites excluding steroid dienone is 1. The van der Waals surface area contributed by atoms with E-state index in [2.05, 4.69) is 26.2 Å². The first-order chi connectivity index (χ1) is 20.3. The van der Waals surface area contributed by atoms with Crippen LogP contribution in [0, 0.1) is 17.7 Å². The summed E-state index contributed by atoms with van der Waals surface area (Å²) in [5.41, 5.74) is 0.647. The number of esters is 2. The second-order valence-corrected chi connectivity index (χ2v) is 15.7. The predicted molar refractivity (Wildman–Crippen MR) is 163 cm³/mol. The standard InChI is InChI=1S/C29H34BrFN4O6S2/c1-29(2,3)41-27(36)17-14-18(15-17)43(38,39)35-11-8-16(9-12-35)23-21(28(37)40-4)24(19-6-5-7-20(31)22(19)30)34-25(33-23)26-32-10-13-42-26/h5-7,10,13,16-18,24H,8-9,11-12,14-15H2,1-4H3,(H,33,34). The summed E-state index contributed by atoms with van der Waals surface area (Å²) in [6.07, 6.45) is 3.01. The first-order valence-corrected chi connectivity index (χ1v) is 17.2. The summed E-state index contributed by atoms with van der Waals surface area (Å²) in [5.74, 6) is -1.66. The van der Waals surface area contributed by atoms with Crippen LogP contribution in [0.1, 0.15) is 63.1 Å². The molecule has 5 rings (SSSR count). The number of halogens is 2. The number of aromatic nitrogens is 1. The van der Waals surface area contributed by atoms with Gasteiger partial charge in [-0.05, 0) is 74.0 Å². The fraction of sp³-hybridized carbons (Fsp3) is 0.517. The molecule has 1 N–H and O–H groups in total. The average Bonchev–Trinajstić information content (AvgIpc) is 3.47. The lowest BCUT2D eigenvalue weighted by atomic mass is 9.85. The fourth-order valence-electron chi connectivity index (χ4n) is 5.62. The van der Waals surface area contributed by atoms with Crippen LogP contribution in [0.5, 0.6) is 0 Å². The van der Waals surface area contributed by atoms with Crippen molar-refractivity contribution in [2.45, 2.75) is 63.3 Å². The fourth-order valence-corrected chi connectivity index (χ4v) is 8.78. The van der Waals surface area contributed by atoms with Crippen LogP contribution in [0.15, 0.2) is 50.5 Å². The molecule has 1 saturated heterocycles. The molecule has 3 heterocycles. The number of nitrogens with one attached hydrogen (secondary N) is 1. The Bertz CT molecular complexity index is 1560. The van der Waals surface area contributed by atoms with E-state index in [1.807, 2.05) is 5.38 Å². The first-order valence-electron chi connectivity index (χ1n) is 14.0. The highest BCUT2D eigenvalue weighted by molar-refractivity contribution is 9.10. The Morgan fingerprint density at radius 1 is 1.19 bits per heavy atom.